The summed E-state index contributed by atoms with van der Waals surface area (Å²) < 4.78 is 17.1. The summed E-state index contributed by atoms with van der Waals surface area (Å²) in [6, 6.07) is 19.8. The summed E-state index contributed by atoms with van der Waals surface area (Å²) in [5, 5.41) is 15.4. The van der Waals surface area contributed by atoms with Crippen LogP contribution in [-0.4, -0.2) is 65.4 Å². The van der Waals surface area contributed by atoms with E-state index in [1.807, 2.05) is 60.9 Å². The number of carboxylic acids is 1. The Bertz CT molecular complexity index is 1630. The molecule has 0 saturated carbocycles. The largest absolute Gasteiger partial charge is 0.494 e. The number of carbonyl (C=O) groups is 2. The molecule has 1 aliphatic rings. The summed E-state index contributed by atoms with van der Waals surface area (Å²) in [6.45, 7) is 5.68. The second-order valence-corrected chi connectivity index (χ2v) is 12.0. The van der Waals surface area contributed by atoms with Gasteiger partial charge in [-0.3, -0.25) is 9.59 Å². The number of fused-ring (bicyclic) bond motifs is 1. The van der Waals surface area contributed by atoms with Gasteiger partial charge >= 0.3 is 5.97 Å². The molecule has 3 aromatic carbocycles. The van der Waals surface area contributed by atoms with Gasteiger partial charge in [-0.25, -0.2) is 9.97 Å². The Morgan fingerprint density at radius 3 is 2.25 bits per heavy atom. The van der Waals surface area contributed by atoms with Crippen LogP contribution >= 0.6 is 0 Å². The summed E-state index contributed by atoms with van der Waals surface area (Å²) >= 11 is 0. The summed E-state index contributed by atoms with van der Waals surface area (Å²) in [4.78, 5) is 33.8. The molecule has 0 fully saturated rings. The number of ether oxygens (including phenoxy) is 3. The molecule has 5 rings (SSSR count). The van der Waals surface area contributed by atoms with Gasteiger partial charge < -0.3 is 30.0 Å². The minimum Gasteiger partial charge on any atom is -0.494 e. The Morgan fingerprint density at radius 1 is 0.854 bits per heavy atom. The van der Waals surface area contributed by atoms with Crippen LogP contribution in [0.15, 0.2) is 79.1 Å². The average molecular weight is 653 g/mol. The van der Waals surface area contributed by atoms with Gasteiger partial charge in [0.05, 0.1) is 6.61 Å². The fourth-order valence-electron chi connectivity index (χ4n) is 5.37. The number of amides is 1. The van der Waals surface area contributed by atoms with Gasteiger partial charge in [-0.15, -0.1) is 0 Å². The molecule has 1 amide bonds. The summed E-state index contributed by atoms with van der Waals surface area (Å²) in [7, 11) is 0. The van der Waals surface area contributed by atoms with E-state index >= 15 is 0 Å². The molecule has 0 aliphatic carbocycles. The number of aromatic nitrogens is 2. The van der Waals surface area contributed by atoms with Gasteiger partial charge in [0, 0.05) is 41.7 Å². The van der Waals surface area contributed by atoms with E-state index in [1.165, 1.54) is 25.7 Å². The molecule has 0 unspecified atom stereocenters. The van der Waals surface area contributed by atoms with Crippen molar-refractivity contribution in [3.8, 4) is 39.8 Å². The molecule has 3 N–H and O–H groups in total. The molecular weight excluding hydrogens is 608 g/mol. The molecule has 2 heterocycles. The quantitative estimate of drug-likeness (QED) is 0.112. The molecule has 10 heteroatoms. The first-order valence-corrected chi connectivity index (χ1v) is 16.7. The van der Waals surface area contributed by atoms with Crippen LogP contribution in [0.4, 0.5) is 0 Å². The molecule has 10 nitrogen and oxygen atoms in total. The summed E-state index contributed by atoms with van der Waals surface area (Å²) in [6.07, 6.45) is 10.2. The second-order valence-electron chi connectivity index (χ2n) is 12.0. The Morgan fingerprint density at radius 2 is 1.54 bits per heavy atom. The fraction of sp³-hybridized carbons (Fsp3) is 0.368. The van der Waals surface area contributed by atoms with E-state index < -0.39 is 12.0 Å². The highest BCUT2D eigenvalue weighted by Crippen LogP contribution is 2.31. The van der Waals surface area contributed by atoms with Crippen LogP contribution in [0.25, 0.3) is 22.5 Å². The van der Waals surface area contributed by atoms with Crippen molar-refractivity contribution in [3.05, 3.63) is 90.3 Å². The van der Waals surface area contributed by atoms with Crippen LogP contribution in [0.5, 0.6) is 17.2 Å². The molecule has 0 spiro atoms. The van der Waals surface area contributed by atoms with E-state index in [2.05, 4.69) is 27.5 Å². The minimum atomic E-state index is -0.961. The van der Waals surface area contributed by atoms with E-state index in [-0.39, 0.29) is 18.5 Å². The monoisotopic (exact) mass is 652 g/mol. The Labute approximate surface area is 281 Å². The van der Waals surface area contributed by atoms with Crippen molar-refractivity contribution >= 4 is 11.9 Å². The standard InChI is InChI=1S/C38H44N4O6/c1-3-4-5-6-7-18-46-33-15-12-28(13-16-33)31-23-40-36(41-24-31)29-10-8-27(9-11-29)21-32(25-39-26(2)38(44)45)42-37(43)30-14-17-34-35(22-30)48-20-19-47-34/h8-17,22-24,26,32,39H,3-7,18-21,25H2,1-2H3,(H,42,43)(H,44,45)/t26-,32+/m1/s1. The van der Waals surface area contributed by atoms with Crippen LogP contribution in [0.1, 0.15) is 61.9 Å². The third-order valence-corrected chi connectivity index (χ3v) is 8.23. The van der Waals surface area contributed by atoms with E-state index in [1.54, 1.807) is 25.1 Å². The number of nitrogens with zero attached hydrogens (tertiary/aromatic N) is 2. The molecule has 0 bridgehead atoms. The maximum Gasteiger partial charge on any atom is 0.320 e. The van der Waals surface area contributed by atoms with Crippen LogP contribution in [0, 0.1) is 0 Å². The van der Waals surface area contributed by atoms with Crippen LogP contribution in [0.2, 0.25) is 0 Å². The molecule has 4 aromatic rings. The number of hydrogen-bond donors (Lipinski definition) is 3. The smallest absolute Gasteiger partial charge is 0.320 e. The van der Waals surface area contributed by atoms with Gasteiger partial charge in [0.2, 0.25) is 0 Å². The van der Waals surface area contributed by atoms with Gasteiger partial charge in [0.15, 0.2) is 17.3 Å². The van der Waals surface area contributed by atoms with Gasteiger partial charge in [0.1, 0.15) is 25.0 Å². The lowest BCUT2D eigenvalue weighted by Gasteiger charge is -2.22. The van der Waals surface area contributed by atoms with Crippen LogP contribution in [0.3, 0.4) is 0 Å². The minimum absolute atomic E-state index is 0.266. The number of rotatable bonds is 17. The Balaban J connectivity index is 1.19. The zero-order valence-corrected chi connectivity index (χ0v) is 27.6. The molecule has 1 aromatic heterocycles. The van der Waals surface area contributed by atoms with E-state index in [0.29, 0.717) is 42.5 Å². The molecule has 1 aliphatic heterocycles. The number of hydrogen-bond acceptors (Lipinski definition) is 8. The predicted molar refractivity (Wildman–Crippen MR) is 185 cm³/mol. The highest BCUT2D eigenvalue weighted by molar-refractivity contribution is 5.95. The number of unbranched alkanes of at least 4 members (excludes halogenated alkanes) is 4. The number of carbonyl (C=O) groups excluding carboxylic acids is 1. The predicted octanol–water partition coefficient (Wildman–Crippen LogP) is 6.33. The van der Waals surface area contributed by atoms with E-state index in [9.17, 15) is 14.7 Å². The van der Waals surface area contributed by atoms with Gasteiger partial charge in [-0.05, 0) is 61.2 Å². The summed E-state index contributed by atoms with van der Waals surface area (Å²) in [5.41, 5.74) is 4.20. The van der Waals surface area contributed by atoms with Crippen molar-refractivity contribution in [2.24, 2.45) is 0 Å². The van der Waals surface area contributed by atoms with Crippen molar-refractivity contribution in [1.82, 2.24) is 20.6 Å². The lowest BCUT2D eigenvalue weighted by molar-refractivity contribution is -0.139. The van der Waals surface area contributed by atoms with Crippen LogP contribution in [-0.2, 0) is 11.2 Å². The molecular formula is C38H44N4O6. The molecule has 0 radical (unpaired) electrons. The average Bonchev–Trinajstić information content (AvgIpc) is 3.12. The first-order valence-electron chi connectivity index (χ1n) is 16.7. The maximum absolute atomic E-state index is 13.2. The zero-order chi connectivity index (χ0) is 33.7. The lowest BCUT2D eigenvalue weighted by Crippen LogP contribution is -2.47. The normalized spacial score (nSPS) is 13.4. The van der Waals surface area contributed by atoms with E-state index in [0.717, 1.165) is 41.0 Å². The Hall–Kier alpha value is -4.96. The number of aliphatic carboxylic acids is 1. The van der Waals surface area contributed by atoms with Crippen molar-refractivity contribution in [2.45, 2.75) is 64.5 Å². The SMILES string of the molecule is CCCCCCCOc1ccc(-c2cnc(-c3ccc(C[C@@H](CN[C@H](C)C(=O)O)NC(=O)c4ccc5c(c4)OCCO5)cc3)nc2)cc1. The van der Waals surface area contributed by atoms with Crippen molar-refractivity contribution in [1.29, 1.82) is 0 Å². The first kappa shape index (κ1) is 34.4. The zero-order valence-electron chi connectivity index (χ0n) is 27.6. The van der Waals surface area contributed by atoms with Gasteiger partial charge in [0.25, 0.3) is 5.91 Å². The van der Waals surface area contributed by atoms with Gasteiger partial charge in [-0.2, -0.15) is 0 Å². The van der Waals surface area contributed by atoms with Crippen molar-refractivity contribution in [3.63, 3.8) is 0 Å². The van der Waals surface area contributed by atoms with Gasteiger partial charge in [-0.1, -0.05) is 69.0 Å². The number of nitrogens with one attached hydrogen (secondary N) is 2. The Kier molecular flexibility index (Phi) is 12.4. The van der Waals surface area contributed by atoms with Crippen molar-refractivity contribution < 1.29 is 28.9 Å². The third-order valence-electron chi connectivity index (χ3n) is 8.23. The molecule has 2 atom stereocenters. The first-order chi connectivity index (χ1) is 23.4. The van der Waals surface area contributed by atoms with Crippen molar-refractivity contribution in [2.75, 3.05) is 26.4 Å². The second kappa shape index (κ2) is 17.3. The molecule has 48 heavy (non-hydrogen) atoms. The highest BCUT2D eigenvalue weighted by Gasteiger charge is 2.20. The maximum atomic E-state index is 13.2. The fourth-order valence-corrected chi connectivity index (χ4v) is 5.37. The molecule has 252 valence electrons. The lowest BCUT2D eigenvalue weighted by atomic mass is 10.0. The highest BCUT2D eigenvalue weighted by atomic mass is 16.6. The topological polar surface area (TPSA) is 132 Å². The molecule has 0 saturated heterocycles. The number of benzene rings is 3. The van der Waals surface area contributed by atoms with Crippen LogP contribution < -0.4 is 24.8 Å². The van der Waals surface area contributed by atoms with E-state index in [4.69, 9.17) is 14.2 Å². The summed E-state index contributed by atoms with van der Waals surface area (Å²) in [5.74, 6) is 1.36. The third kappa shape index (κ3) is 9.78. The number of carboxylic acid groups (broad SMARTS) is 1.